The van der Waals surface area contributed by atoms with E-state index < -0.39 is 43.8 Å². The van der Waals surface area contributed by atoms with Crippen LogP contribution < -0.4 is 31.8 Å². The fourth-order valence-electron chi connectivity index (χ4n) is 5.21. The largest absolute Gasteiger partial charge is 0.371 e. The van der Waals surface area contributed by atoms with E-state index in [1.165, 1.54) is 31.8 Å². The van der Waals surface area contributed by atoms with Gasteiger partial charge >= 0.3 is 12.4 Å². The molecule has 0 saturated heterocycles. The van der Waals surface area contributed by atoms with Gasteiger partial charge in [0.2, 0.25) is 0 Å². The first-order valence-electron chi connectivity index (χ1n) is 16.3. The Morgan fingerprint density at radius 1 is 0.389 bits per heavy atom. The van der Waals surface area contributed by atoms with Gasteiger partial charge in [0.1, 0.15) is 0 Å². The van der Waals surface area contributed by atoms with Crippen molar-refractivity contribution in [1.82, 2.24) is 0 Å². The Kier molecular flexibility index (Phi) is 16.4. The summed E-state index contributed by atoms with van der Waals surface area (Å²) in [5, 5.41) is 8.39. The average molecular weight is 923 g/mol. The minimum atomic E-state index is -4.84. The van der Waals surface area contributed by atoms with Gasteiger partial charge in [0.15, 0.2) is 0 Å². The fourth-order valence-corrected chi connectivity index (χ4v) is 10.3. The molecule has 7 aromatic rings. The molecule has 54 heavy (non-hydrogen) atoms. The van der Waals surface area contributed by atoms with E-state index in [0.717, 1.165) is 0 Å². The van der Waals surface area contributed by atoms with Crippen LogP contribution in [0.25, 0.3) is 0 Å². The first kappa shape index (κ1) is 42.9. The third-order valence-corrected chi connectivity index (χ3v) is 13.2. The summed E-state index contributed by atoms with van der Waals surface area (Å²) in [6.45, 7) is 0. The summed E-state index contributed by atoms with van der Waals surface area (Å²) in [6, 6.07) is 67.0. The van der Waals surface area contributed by atoms with Gasteiger partial charge in [-0.3, -0.25) is 0 Å². The van der Waals surface area contributed by atoms with E-state index in [1.54, 1.807) is 0 Å². The Hall–Kier alpha value is -3.88. The molecule has 7 aromatic carbocycles. The molecule has 0 aliphatic heterocycles. The molecule has 0 fully saturated rings. The Bertz CT molecular complexity index is 1800. The molecule has 7 rings (SSSR count). The minimum Gasteiger partial charge on any atom is -0.179 e. The van der Waals surface area contributed by atoms with Crippen LogP contribution in [0.2, 0.25) is 0 Å². The SMILES string of the molecule is FC(F)(F)c1c[c-]c(Br)c(C(F)(F)F)c1.[Pd].c1ccc(P(c2ccccc2)c2ccccc2)cc1.c1ccc(P(c2ccccc2)c2ccccc2)cc1. The van der Waals surface area contributed by atoms with E-state index in [4.69, 9.17) is 0 Å². The molecule has 0 unspecified atom stereocenters. The summed E-state index contributed by atoms with van der Waals surface area (Å²) in [4.78, 5) is 0. The average Bonchev–Trinajstić information content (AvgIpc) is 3.17. The smallest absolute Gasteiger partial charge is 0.179 e. The molecule has 0 nitrogen and oxygen atoms in total. The Morgan fingerprint density at radius 2 is 0.630 bits per heavy atom. The first-order chi connectivity index (χ1) is 25.5. The van der Waals surface area contributed by atoms with Crippen LogP contribution in [0.5, 0.6) is 0 Å². The monoisotopic (exact) mass is 921 g/mol. The van der Waals surface area contributed by atoms with Gasteiger partial charge < -0.3 is 0 Å². The van der Waals surface area contributed by atoms with Crippen molar-refractivity contribution in [2.24, 2.45) is 0 Å². The maximum Gasteiger partial charge on any atom is 0.371 e. The Labute approximate surface area is 336 Å². The van der Waals surface area contributed by atoms with Crippen molar-refractivity contribution in [3.05, 3.63) is 216 Å². The molecular formula is C44H32BrF6P2Pd-. The first-order valence-corrected chi connectivity index (χ1v) is 19.8. The number of hydrogen-bond acceptors (Lipinski definition) is 0. The number of hydrogen-bond donors (Lipinski definition) is 0. The summed E-state index contributed by atoms with van der Waals surface area (Å²) in [5.41, 5.74) is -2.77. The van der Waals surface area contributed by atoms with Crippen LogP contribution in [-0.2, 0) is 32.8 Å². The number of rotatable bonds is 6. The molecule has 0 spiro atoms. The molecule has 0 atom stereocenters. The van der Waals surface area contributed by atoms with Crippen LogP contribution in [0.1, 0.15) is 11.1 Å². The summed E-state index contributed by atoms with van der Waals surface area (Å²) >= 11 is 2.49. The van der Waals surface area contributed by atoms with E-state index in [1.807, 2.05) is 6.07 Å². The molecule has 0 aliphatic carbocycles. The topological polar surface area (TPSA) is 0 Å². The number of halogens is 7. The Balaban J connectivity index is 0.000000181. The predicted molar refractivity (Wildman–Crippen MR) is 213 cm³/mol. The second kappa shape index (κ2) is 20.7. The van der Waals surface area contributed by atoms with E-state index in [0.29, 0.717) is 6.07 Å². The summed E-state index contributed by atoms with van der Waals surface area (Å²) in [5.74, 6) is 0. The van der Waals surface area contributed by atoms with Crippen molar-refractivity contribution < 1.29 is 46.8 Å². The van der Waals surface area contributed by atoms with E-state index in [-0.39, 0.29) is 26.5 Å². The molecule has 0 aromatic heterocycles. The van der Waals surface area contributed by atoms with Crippen LogP contribution in [0, 0.1) is 6.07 Å². The molecule has 0 saturated carbocycles. The van der Waals surface area contributed by atoms with Gasteiger partial charge in [-0.05, 0) is 53.2 Å². The number of benzene rings is 7. The summed E-state index contributed by atoms with van der Waals surface area (Å²) in [6.07, 6.45) is -9.65. The molecule has 0 amide bonds. The molecule has 0 heterocycles. The molecular weight excluding hydrogens is 891 g/mol. The van der Waals surface area contributed by atoms with Gasteiger partial charge in [-0.25, -0.2) is 0 Å². The van der Waals surface area contributed by atoms with Gasteiger partial charge in [-0.15, -0.1) is 6.07 Å². The normalized spacial score (nSPS) is 11.1. The van der Waals surface area contributed by atoms with Crippen molar-refractivity contribution >= 4 is 63.6 Å². The second-order valence-electron chi connectivity index (χ2n) is 11.3. The summed E-state index contributed by atoms with van der Waals surface area (Å²) < 4.78 is 72.3. The predicted octanol–water partition coefficient (Wildman–Crippen LogP) is 11.2. The minimum absolute atomic E-state index is 0. The Morgan fingerprint density at radius 3 is 0.833 bits per heavy atom. The quantitative estimate of drug-likeness (QED) is 0.0675. The maximum atomic E-state index is 12.2. The zero-order valence-corrected chi connectivity index (χ0v) is 33.3. The third kappa shape index (κ3) is 12.3. The van der Waals surface area contributed by atoms with Crippen molar-refractivity contribution in [2.45, 2.75) is 12.4 Å². The molecule has 10 heteroatoms. The molecule has 0 radical (unpaired) electrons. The number of alkyl halides is 6. The van der Waals surface area contributed by atoms with Crippen molar-refractivity contribution in [3.63, 3.8) is 0 Å². The fraction of sp³-hybridized carbons (Fsp3) is 0.0455. The van der Waals surface area contributed by atoms with Gasteiger partial charge in [-0.1, -0.05) is 208 Å². The summed E-state index contributed by atoms with van der Waals surface area (Å²) in [7, 11) is -0.892. The van der Waals surface area contributed by atoms with Crippen LogP contribution in [0.3, 0.4) is 0 Å². The third-order valence-electron chi connectivity index (χ3n) is 7.61. The van der Waals surface area contributed by atoms with Crippen molar-refractivity contribution in [3.8, 4) is 0 Å². The van der Waals surface area contributed by atoms with Crippen LogP contribution in [0.4, 0.5) is 26.3 Å². The molecule has 0 aliphatic rings. The van der Waals surface area contributed by atoms with E-state index in [2.05, 4.69) is 198 Å². The van der Waals surface area contributed by atoms with Gasteiger partial charge in [0, 0.05) is 20.4 Å². The van der Waals surface area contributed by atoms with E-state index in [9.17, 15) is 26.3 Å². The molecule has 278 valence electrons. The van der Waals surface area contributed by atoms with E-state index >= 15 is 0 Å². The second-order valence-corrected chi connectivity index (χ2v) is 16.5. The maximum absolute atomic E-state index is 12.2. The van der Waals surface area contributed by atoms with Gasteiger partial charge in [0.05, 0.1) is 0 Å². The zero-order valence-electron chi connectivity index (χ0n) is 28.3. The molecule has 0 bridgehead atoms. The van der Waals surface area contributed by atoms with Crippen molar-refractivity contribution in [1.29, 1.82) is 0 Å². The zero-order chi connectivity index (χ0) is 37.7. The molecule has 0 N–H and O–H groups in total. The standard InChI is InChI=1S/2C18H15P.C8H2BrF6.Pd/c2*1-4-10-16(11-5-1)19(17-12-6-2-7-13-17)18-14-8-3-9-15-18;9-6-2-1-4(7(10,11)12)3-5(6)8(13,14)15;/h2*1-15H;1,3H;/q;;-1;. The van der Waals surface area contributed by atoms with Crippen molar-refractivity contribution in [2.75, 3.05) is 0 Å². The van der Waals surface area contributed by atoms with Gasteiger partial charge in [-0.2, -0.15) is 38.5 Å². The van der Waals surface area contributed by atoms with Crippen LogP contribution >= 0.6 is 31.8 Å². The van der Waals surface area contributed by atoms with Crippen LogP contribution in [-0.4, -0.2) is 0 Å². The van der Waals surface area contributed by atoms with Gasteiger partial charge in [0.25, 0.3) is 0 Å². The van der Waals surface area contributed by atoms with Crippen LogP contribution in [0.15, 0.2) is 199 Å².